The van der Waals surface area contributed by atoms with Crippen LogP contribution in [0.15, 0.2) is 58.5 Å². The third kappa shape index (κ3) is 6.48. The van der Waals surface area contributed by atoms with Crippen LogP contribution in [0.25, 0.3) is 0 Å². The molecule has 1 aromatic heterocycles. The molecular formula is C23H28O5. The zero-order chi connectivity index (χ0) is 20.5. The minimum absolute atomic E-state index is 0.377. The molecule has 0 amide bonds. The lowest BCUT2D eigenvalue weighted by Crippen LogP contribution is -2.21. The van der Waals surface area contributed by atoms with Gasteiger partial charge in [-0.1, -0.05) is 36.8 Å². The topological polar surface area (TPSA) is 73.6 Å². The Bertz CT molecular complexity index is 780. The third-order valence-corrected chi connectivity index (χ3v) is 4.81. The highest BCUT2D eigenvalue weighted by Crippen LogP contribution is 2.18. The van der Waals surface area contributed by atoms with Gasteiger partial charge in [-0.15, -0.1) is 0 Å². The summed E-state index contributed by atoms with van der Waals surface area (Å²) in [5, 5.41) is 0. The Morgan fingerprint density at radius 2 is 2.04 bits per heavy atom. The smallest absolute Gasteiger partial charge is 0.384 e. The van der Waals surface area contributed by atoms with Gasteiger partial charge < -0.3 is 9.15 Å². The Morgan fingerprint density at radius 1 is 1.25 bits per heavy atom. The van der Waals surface area contributed by atoms with Crippen LogP contribution in [0, 0.1) is 5.92 Å². The largest absolute Gasteiger partial charge is 0.472 e. The van der Waals surface area contributed by atoms with Crippen molar-refractivity contribution in [3.8, 4) is 0 Å². The average molecular weight is 384 g/mol. The molecule has 150 valence electrons. The van der Waals surface area contributed by atoms with Crippen molar-refractivity contribution in [3.63, 3.8) is 0 Å². The van der Waals surface area contributed by atoms with Gasteiger partial charge in [0, 0.05) is 0 Å². The van der Waals surface area contributed by atoms with E-state index in [1.165, 1.54) is 11.1 Å². The fraction of sp³-hybridized carbons (Fsp3) is 0.435. The maximum absolute atomic E-state index is 11.6. The summed E-state index contributed by atoms with van der Waals surface area (Å²) in [6, 6.07) is 2.00. The van der Waals surface area contributed by atoms with Crippen LogP contribution in [0.3, 0.4) is 0 Å². The van der Waals surface area contributed by atoms with Crippen LogP contribution in [-0.4, -0.2) is 23.6 Å². The van der Waals surface area contributed by atoms with Gasteiger partial charge in [0.1, 0.15) is 0 Å². The summed E-state index contributed by atoms with van der Waals surface area (Å²) < 4.78 is 9.89. The molecule has 2 heterocycles. The van der Waals surface area contributed by atoms with Crippen molar-refractivity contribution in [2.75, 3.05) is 0 Å². The van der Waals surface area contributed by atoms with Gasteiger partial charge in [0.05, 0.1) is 12.5 Å². The van der Waals surface area contributed by atoms with Gasteiger partial charge in [0.25, 0.3) is 5.78 Å². The Labute approximate surface area is 166 Å². The number of hydrogen-bond acceptors (Lipinski definition) is 5. The molecule has 1 aliphatic heterocycles. The molecule has 0 radical (unpaired) electrons. The summed E-state index contributed by atoms with van der Waals surface area (Å²) in [7, 11) is 0. The molecule has 5 heteroatoms. The molecule has 28 heavy (non-hydrogen) atoms. The van der Waals surface area contributed by atoms with E-state index in [4.69, 9.17) is 9.15 Å². The fourth-order valence-corrected chi connectivity index (χ4v) is 3.01. The van der Waals surface area contributed by atoms with Crippen LogP contribution < -0.4 is 0 Å². The van der Waals surface area contributed by atoms with E-state index in [2.05, 4.69) is 32.1 Å². The van der Waals surface area contributed by atoms with E-state index >= 15 is 0 Å². The molecule has 1 saturated heterocycles. The van der Waals surface area contributed by atoms with Crippen LogP contribution in [0.1, 0.15) is 52.0 Å². The molecule has 0 bridgehead atoms. The van der Waals surface area contributed by atoms with Gasteiger partial charge in [0.15, 0.2) is 6.10 Å². The molecule has 2 rings (SSSR count). The lowest BCUT2D eigenvalue weighted by molar-refractivity contribution is -0.148. The number of aryl methyl sites for hydroxylation is 1. The van der Waals surface area contributed by atoms with E-state index in [-0.39, 0.29) is 0 Å². The van der Waals surface area contributed by atoms with E-state index in [0.29, 0.717) is 11.5 Å². The Kier molecular flexibility index (Phi) is 8.18. The fourth-order valence-electron chi connectivity index (χ4n) is 3.01. The number of carbonyl (C=O) groups is 3. The summed E-state index contributed by atoms with van der Waals surface area (Å²) in [5.74, 6) is -2.49. The number of hydrogen-bond donors (Lipinski definition) is 0. The molecule has 0 saturated carbocycles. The maximum atomic E-state index is 11.6. The summed E-state index contributed by atoms with van der Waals surface area (Å²) in [6.07, 6.45) is 15.6. The summed E-state index contributed by atoms with van der Waals surface area (Å²) in [6.45, 7) is 5.98. The Balaban J connectivity index is 1.69. The molecule has 0 spiro atoms. The predicted octanol–water partition coefficient (Wildman–Crippen LogP) is 4.53. The van der Waals surface area contributed by atoms with Crippen LogP contribution in [-0.2, 0) is 25.5 Å². The molecule has 0 unspecified atom stereocenters. The predicted molar refractivity (Wildman–Crippen MR) is 107 cm³/mol. The van der Waals surface area contributed by atoms with Crippen molar-refractivity contribution in [2.24, 2.45) is 5.92 Å². The summed E-state index contributed by atoms with van der Waals surface area (Å²) in [4.78, 5) is 34.0. The molecule has 5 nitrogen and oxygen atoms in total. The number of carbonyl (C=O) groups excluding carboxylic acids is 3. The molecule has 1 fully saturated rings. The highest BCUT2D eigenvalue weighted by atomic mass is 16.6. The molecular weight excluding hydrogens is 356 g/mol. The second-order valence-corrected chi connectivity index (χ2v) is 7.36. The summed E-state index contributed by atoms with van der Waals surface area (Å²) in [5.41, 5.74) is 3.20. The van der Waals surface area contributed by atoms with Crippen molar-refractivity contribution in [1.29, 1.82) is 0 Å². The molecule has 2 atom stereocenters. The molecule has 0 aromatic carbocycles. The SMILES string of the molecule is CC(=CC=C[C@@H](C)CCC=C(C)[C@@H]1OC(=O)C(=O)C1=O)CCCc1ccoc1. The lowest BCUT2D eigenvalue weighted by Gasteiger charge is -2.08. The first-order valence-electron chi connectivity index (χ1n) is 9.69. The molecule has 1 aliphatic rings. The first-order valence-corrected chi connectivity index (χ1v) is 9.69. The first-order chi connectivity index (χ1) is 13.4. The number of cyclic esters (lactones) is 1. The number of ether oxygens (including phenoxy) is 1. The van der Waals surface area contributed by atoms with Gasteiger partial charge in [-0.05, 0) is 69.1 Å². The number of furan rings is 1. The van der Waals surface area contributed by atoms with Crippen molar-refractivity contribution in [2.45, 2.75) is 59.0 Å². The minimum Gasteiger partial charge on any atom is -0.472 e. The first kappa shape index (κ1) is 21.6. The van der Waals surface area contributed by atoms with E-state index in [0.717, 1.165) is 32.1 Å². The second kappa shape index (κ2) is 10.6. The Hall–Kier alpha value is -2.69. The van der Waals surface area contributed by atoms with Crippen molar-refractivity contribution in [3.05, 3.63) is 59.6 Å². The number of ketones is 2. The normalized spacial score (nSPS) is 19.5. The molecule has 0 N–H and O–H groups in total. The number of Topliss-reactive ketones (excluding diaryl/α,β-unsaturated/α-hetero) is 2. The van der Waals surface area contributed by atoms with Crippen LogP contribution in [0.5, 0.6) is 0 Å². The van der Waals surface area contributed by atoms with E-state index in [1.807, 2.05) is 12.1 Å². The Morgan fingerprint density at radius 3 is 2.68 bits per heavy atom. The monoisotopic (exact) mass is 384 g/mol. The lowest BCUT2D eigenvalue weighted by atomic mass is 10.0. The minimum atomic E-state index is -1.05. The second-order valence-electron chi connectivity index (χ2n) is 7.36. The van der Waals surface area contributed by atoms with Gasteiger partial charge >= 0.3 is 11.8 Å². The quantitative estimate of drug-likeness (QED) is 0.256. The number of rotatable bonds is 10. The van der Waals surface area contributed by atoms with Crippen molar-refractivity contribution < 1.29 is 23.5 Å². The van der Waals surface area contributed by atoms with Gasteiger partial charge in [-0.3, -0.25) is 9.59 Å². The highest BCUT2D eigenvalue weighted by molar-refractivity contribution is 6.66. The number of allylic oxidation sites excluding steroid dienone is 5. The van der Waals surface area contributed by atoms with Gasteiger partial charge in [-0.25, -0.2) is 4.79 Å². The molecule has 0 aliphatic carbocycles. The highest BCUT2D eigenvalue weighted by Gasteiger charge is 2.42. The van der Waals surface area contributed by atoms with E-state index in [1.54, 1.807) is 19.5 Å². The standard InChI is InChI=1S/C23H28O5/c1-16(7-4-8-17(2)10-6-12-19-13-14-27-15-19)9-5-11-18(3)22-20(24)21(25)23(26)28-22/h4,7-8,11,13-16,22H,5-6,9-10,12H2,1-3H3/t16-,22+/m1/s1. The average Bonchev–Trinajstić information content (AvgIpc) is 3.26. The zero-order valence-electron chi connectivity index (χ0n) is 16.8. The van der Waals surface area contributed by atoms with Crippen molar-refractivity contribution >= 4 is 17.5 Å². The van der Waals surface area contributed by atoms with Gasteiger partial charge in [0.2, 0.25) is 0 Å². The van der Waals surface area contributed by atoms with Gasteiger partial charge in [-0.2, -0.15) is 0 Å². The third-order valence-electron chi connectivity index (χ3n) is 4.81. The van der Waals surface area contributed by atoms with E-state index < -0.39 is 23.6 Å². The van der Waals surface area contributed by atoms with E-state index in [9.17, 15) is 14.4 Å². The maximum Gasteiger partial charge on any atom is 0.384 e. The summed E-state index contributed by atoms with van der Waals surface area (Å²) >= 11 is 0. The van der Waals surface area contributed by atoms with Crippen LogP contribution in [0.2, 0.25) is 0 Å². The van der Waals surface area contributed by atoms with Crippen LogP contribution >= 0.6 is 0 Å². The number of esters is 1. The van der Waals surface area contributed by atoms with Crippen molar-refractivity contribution in [1.82, 2.24) is 0 Å². The van der Waals surface area contributed by atoms with Crippen LogP contribution in [0.4, 0.5) is 0 Å². The molecule has 1 aromatic rings. The zero-order valence-corrected chi connectivity index (χ0v) is 16.8.